The fourth-order valence-corrected chi connectivity index (χ4v) is 2.19. The van der Waals surface area contributed by atoms with Crippen LogP contribution < -0.4 is 0 Å². The van der Waals surface area contributed by atoms with Crippen LogP contribution in [0.1, 0.15) is 21.7 Å². The Balaban J connectivity index is 1.81. The number of carboxylic acids is 1. The summed E-state index contributed by atoms with van der Waals surface area (Å²) in [6.45, 7) is 0.173. The smallest absolute Gasteiger partial charge is 0.416 e. The van der Waals surface area contributed by atoms with Crippen molar-refractivity contribution in [2.75, 3.05) is 0 Å². The van der Waals surface area contributed by atoms with Crippen molar-refractivity contribution in [1.82, 2.24) is 9.78 Å². The molecule has 0 unspecified atom stereocenters. The number of benzene rings is 1. The summed E-state index contributed by atoms with van der Waals surface area (Å²) in [5.74, 6) is -0.352. The number of rotatable bonds is 4. The molecule has 0 amide bonds. The molecular weight excluding hydrogens is 325 g/mol. The Bertz CT molecular complexity index is 881. The predicted molar refractivity (Wildman–Crippen MR) is 77.4 cm³/mol. The second-order valence-corrected chi connectivity index (χ2v) is 5.08. The number of nitrogens with zero attached hydrogens (tertiary/aromatic N) is 2. The number of carbonyl (C=O) groups is 1. The van der Waals surface area contributed by atoms with Crippen molar-refractivity contribution in [2.24, 2.45) is 0 Å². The quantitative estimate of drug-likeness (QED) is 0.784. The molecule has 1 aromatic carbocycles. The summed E-state index contributed by atoms with van der Waals surface area (Å²) in [7, 11) is 0. The Morgan fingerprint density at radius 3 is 2.71 bits per heavy atom. The molecule has 0 atom stereocenters. The van der Waals surface area contributed by atoms with Crippen LogP contribution in [0.5, 0.6) is 0 Å². The minimum atomic E-state index is -4.42. The molecule has 0 aliphatic rings. The molecule has 0 aliphatic carbocycles. The lowest BCUT2D eigenvalue weighted by Crippen LogP contribution is -2.04. The summed E-state index contributed by atoms with van der Waals surface area (Å²) in [5.41, 5.74) is -0.404. The van der Waals surface area contributed by atoms with Gasteiger partial charge in [0.2, 0.25) is 0 Å². The number of hydrogen-bond acceptors (Lipinski definition) is 3. The zero-order valence-corrected chi connectivity index (χ0v) is 12.1. The van der Waals surface area contributed by atoms with E-state index < -0.39 is 17.7 Å². The Labute approximate surface area is 133 Å². The van der Waals surface area contributed by atoms with Crippen LogP contribution in [0.25, 0.3) is 11.3 Å². The third-order valence-electron chi connectivity index (χ3n) is 3.33. The average Bonchev–Trinajstić information content (AvgIpc) is 3.16. The molecule has 24 heavy (non-hydrogen) atoms. The number of halogens is 3. The molecule has 5 nitrogen and oxygen atoms in total. The van der Waals surface area contributed by atoms with E-state index in [1.54, 1.807) is 12.1 Å². The summed E-state index contributed by atoms with van der Waals surface area (Å²) in [6.07, 6.45) is -1.87. The number of furan rings is 1. The molecule has 8 heteroatoms. The second kappa shape index (κ2) is 5.88. The summed E-state index contributed by atoms with van der Waals surface area (Å²) in [6, 6.07) is 8.01. The first kappa shape index (κ1) is 15.9. The lowest BCUT2D eigenvalue weighted by molar-refractivity contribution is -0.137. The third-order valence-corrected chi connectivity index (χ3v) is 3.33. The highest BCUT2D eigenvalue weighted by Crippen LogP contribution is 2.32. The molecule has 3 aromatic rings. The number of aromatic carboxylic acids is 1. The van der Waals surface area contributed by atoms with E-state index in [0.29, 0.717) is 17.1 Å². The molecule has 2 aromatic heterocycles. The van der Waals surface area contributed by atoms with Crippen molar-refractivity contribution in [3.05, 3.63) is 65.7 Å². The van der Waals surface area contributed by atoms with E-state index >= 15 is 0 Å². The first-order chi connectivity index (χ1) is 11.3. The molecule has 2 heterocycles. The number of carboxylic acid groups (broad SMARTS) is 1. The largest absolute Gasteiger partial charge is 0.478 e. The summed E-state index contributed by atoms with van der Waals surface area (Å²) < 4.78 is 45.2. The first-order valence-electron chi connectivity index (χ1n) is 6.85. The minimum Gasteiger partial charge on any atom is -0.478 e. The monoisotopic (exact) mass is 336 g/mol. The molecule has 1 N–H and O–H groups in total. The molecular formula is C16H11F3N2O3. The zero-order chi connectivity index (χ0) is 17.3. The highest BCUT2D eigenvalue weighted by Gasteiger charge is 2.30. The molecule has 0 aliphatic heterocycles. The van der Waals surface area contributed by atoms with E-state index in [0.717, 1.165) is 12.1 Å². The molecule has 0 saturated carbocycles. The van der Waals surface area contributed by atoms with Crippen molar-refractivity contribution in [3.8, 4) is 11.3 Å². The summed E-state index contributed by atoms with van der Waals surface area (Å²) >= 11 is 0. The van der Waals surface area contributed by atoms with Gasteiger partial charge in [0.15, 0.2) is 0 Å². The Hall–Kier alpha value is -3.03. The Morgan fingerprint density at radius 1 is 1.25 bits per heavy atom. The Morgan fingerprint density at radius 2 is 2.04 bits per heavy atom. The molecule has 0 saturated heterocycles. The highest BCUT2D eigenvalue weighted by atomic mass is 19.4. The van der Waals surface area contributed by atoms with Crippen LogP contribution in [0.2, 0.25) is 0 Å². The Kier molecular flexibility index (Phi) is 3.88. The standard InChI is InChI=1S/C16H11F3N2O3/c17-16(18,19)12-3-1-2-10(6-12)14-5-4-13(24-14)9-21-8-11(7-20-21)15(22)23/h1-8H,9H2,(H,22,23). The van der Waals surface area contributed by atoms with Gasteiger partial charge in [-0.2, -0.15) is 18.3 Å². The highest BCUT2D eigenvalue weighted by molar-refractivity contribution is 5.86. The van der Waals surface area contributed by atoms with Crippen molar-refractivity contribution >= 4 is 5.97 Å². The molecule has 0 bridgehead atoms. The second-order valence-electron chi connectivity index (χ2n) is 5.08. The molecule has 124 valence electrons. The average molecular weight is 336 g/mol. The van der Waals surface area contributed by atoms with Gasteiger partial charge in [0.25, 0.3) is 0 Å². The van der Waals surface area contributed by atoms with Gasteiger partial charge in [0.05, 0.1) is 23.9 Å². The fraction of sp³-hybridized carbons (Fsp3) is 0.125. The van der Waals surface area contributed by atoms with Crippen molar-refractivity contribution in [2.45, 2.75) is 12.7 Å². The van der Waals surface area contributed by atoms with Gasteiger partial charge >= 0.3 is 12.1 Å². The van der Waals surface area contributed by atoms with Gasteiger partial charge in [0.1, 0.15) is 11.5 Å². The van der Waals surface area contributed by atoms with E-state index in [9.17, 15) is 18.0 Å². The maximum absolute atomic E-state index is 12.8. The van der Waals surface area contributed by atoms with Crippen LogP contribution in [0.15, 0.2) is 53.2 Å². The van der Waals surface area contributed by atoms with Crippen molar-refractivity contribution in [3.63, 3.8) is 0 Å². The van der Waals surface area contributed by atoms with Crippen molar-refractivity contribution < 1.29 is 27.5 Å². The van der Waals surface area contributed by atoms with E-state index in [4.69, 9.17) is 9.52 Å². The number of hydrogen-bond donors (Lipinski definition) is 1. The first-order valence-corrected chi connectivity index (χ1v) is 6.85. The van der Waals surface area contributed by atoms with Crippen LogP contribution in [-0.4, -0.2) is 20.9 Å². The molecule has 0 fully saturated rings. The maximum Gasteiger partial charge on any atom is 0.416 e. The van der Waals surface area contributed by atoms with Crippen LogP contribution in [0, 0.1) is 0 Å². The minimum absolute atomic E-state index is 0.0413. The SMILES string of the molecule is O=C(O)c1cnn(Cc2ccc(-c3cccc(C(F)(F)F)c3)o2)c1. The molecule has 0 spiro atoms. The van der Waals surface area contributed by atoms with Gasteiger partial charge in [-0.15, -0.1) is 0 Å². The molecule has 3 rings (SSSR count). The van der Waals surface area contributed by atoms with Gasteiger partial charge < -0.3 is 9.52 Å². The molecule has 0 radical (unpaired) electrons. The van der Waals surface area contributed by atoms with Gasteiger partial charge in [-0.05, 0) is 24.3 Å². The van der Waals surface area contributed by atoms with Gasteiger partial charge in [-0.25, -0.2) is 4.79 Å². The maximum atomic E-state index is 12.8. The van der Waals surface area contributed by atoms with Crippen LogP contribution in [0.4, 0.5) is 13.2 Å². The van der Waals surface area contributed by atoms with Crippen LogP contribution in [-0.2, 0) is 12.7 Å². The van der Waals surface area contributed by atoms with Crippen LogP contribution in [0.3, 0.4) is 0 Å². The van der Waals surface area contributed by atoms with Crippen LogP contribution >= 0.6 is 0 Å². The predicted octanol–water partition coefficient (Wildman–Crippen LogP) is 3.91. The summed E-state index contributed by atoms with van der Waals surface area (Å²) in [5, 5.41) is 12.7. The van der Waals surface area contributed by atoms with Gasteiger partial charge in [0, 0.05) is 11.8 Å². The lowest BCUT2D eigenvalue weighted by Gasteiger charge is -2.07. The number of aromatic nitrogens is 2. The van der Waals surface area contributed by atoms with E-state index in [1.807, 2.05) is 0 Å². The van der Waals surface area contributed by atoms with E-state index in [-0.39, 0.29) is 12.1 Å². The zero-order valence-electron chi connectivity index (χ0n) is 12.1. The number of alkyl halides is 3. The normalized spacial score (nSPS) is 11.6. The van der Waals surface area contributed by atoms with E-state index in [1.165, 1.54) is 29.2 Å². The van der Waals surface area contributed by atoms with E-state index in [2.05, 4.69) is 5.10 Å². The van der Waals surface area contributed by atoms with Gasteiger partial charge in [-0.1, -0.05) is 12.1 Å². The third kappa shape index (κ3) is 3.32. The van der Waals surface area contributed by atoms with Gasteiger partial charge in [-0.3, -0.25) is 4.68 Å². The topological polar surface area (TPSA) is 68.3 Å². The lowest BCUT2D eigenvalue weighted by atomic mass is 10.1. The van der Waals surface area contributed by atoms with Crippen molar-refractivity contribution in [1.29, 1.82) is 0 Å². The summed E-state index contributed by atoms with van der Waals surface area (Å²) in [4.78, 5) is 10.8. The fourth-order valence-electron chi connectivity index (χ4n) is 2.19.